The molecule has 1 heterocycles. The van der Waals surface area contributed by atoms with E-state index < -0.39 is 0 Å². The van der Waals surface area contributed by atoms with Crippen LogP contribution >= 0.6 is 11.3 Å². The number of hydrogen-bond donors (Lipinski definition) is 0. The van der Waals surface area contributed by atoms with Crippen molar-refractivity contribution in [1.29, 1.82) is 0 Å². The summed E-state index contributed by atoms with van der Waals surface area (Å²) in [5, 5.41) is 2.10. The van der Waals surface area contributed by atoms with Crippen LogP contribution in [0.3, 0.4) is 0 Å². The Morgan fingerprint density at radius 1 is 0.488 bits per heavy atom. The van der Waals surface area contributed by atoms with Gasteiger partial charge in [0, 0.05) is 4.88 Å². The van der Waals surface area contributed by atoms with Gasteiger partial charge in [0.1, 0.15) is 23.0 Å². The summed E-state index contributed by atoms with van der Waals surface area (Å²) in [5.41, 5.74) is 3.75. The summed E-state index contributed by atoms with van der Waals surface area (Å²) in [6.07, 6.45) is 18.2. The minimum Gasteiger partial charge on any atom is -0.457 e. The van der Waals surface area contributed by atoms with Gasteiger partial charge in [-0.25, -0.2) is 0 Å². The Bertz CT molecular complexity index is 1160. The molecule has 1 aromatic heterocycles. The number of thiophene rings is 1. The second-order valence-electron chi connectivity index (χ2n) is 11.1. The van der Waals surface area contributed by atoms with E-state index in [1.807, 2.05) is 18.2 Å². The third-order valence-electron chi connectivity index (χ3n) is 7.70. The van der Waals surface area contributed by atoms with Crippen molar-refractivity contribution in [2.24, 2.45) is 0 Å². The Kier molecular flexibility index (Phi) is 13.3. The van der Waals surface area contributed by atoms with E-state index in [0.717, 1.165) is 46.3 Å². The molecule has 0 N–H and O–H groups in total. The third kappa shape index (κ3) is 10.4. The first-order valence-corrected chi connectivity index (χ1v) is 16.8. The summed E-state index contributed by atoms with van der Waals surface area (Å²) in [4.78, 5) is 1.13. The molecular weight excluding hydrogens is 520 g/mol. The molecule has 0 aliphatic carbocycles. The Hall–Kier alpha value is -3.04. The highest BCUT2D eigenvalue weighted by Crippen LogP contribution is 2.44. The second-order valence-corrected chi connectivity index (χ2v) is 12.1. The molecule has 0 unspecified atom stereocenters. The monoisotopic (exact) mass is 568 g/mol. The smallest absolute Gasteiger partial charge is 0.139 e. The van der Waals surface area contributed by atoms with E-state index in [1.165, 1.54) is 88.2 Å². The molecule has 0 bridgehead atoms. The molecule has 0 aliphatic heterocycles. The van der Waals surface area contributed by atoms with Gasteiger partial charge in [0.15, 0.2) is 0 Å². The van der Waals surface area contributed by atoms with Crippen molar-refractivity contribution in [3.8, 4) is 33.4 Å². The van der Waals surface area contributed by atoms with Crippen LogP contribution < -0.4 is 9.47 Å². The maximum atomic E-state index is 6.46. The van der Waals surface area contributed by atoms with E-state index in [2.05, 4.69) is 79.9 Å². The highest BCUT2D eigenvalue weighted by molar-refractivity contribution is 7.13. The van der Waals surface area contributed by atoms with Crippen molar-refractivity contribution in [2.75, 3.05) is 0 Å². The summed E-state index contributed by atoms with van der Waals surface area (Å²) >= 11 is 1.70. The fourth-order valence-corrected chi connectivity index (χ4v) is 6.05. The van der Waals surface area contributed by atoms with E-state index in [4.69, 9.17) is 9.47 Å². The van der Waals surface area contributed by atoms with E-state index in [1.54, 1.807) is 11.3 Å². The lowest BCUT2D eigenvalue weighted by molar-refractivity contribution is 0.463. The Labute approximate surface area is 252 Å². The standard InChI is InChI=1S/C38H48O2S/c1-3-5-7-9-11-13-17-31-22-26-33(27-23-31)39-35-19-15-20-36(38(35)37-21-16-30-41-37)40-34-28-24-32(25-29-34)18-14-12-10-8-6-4-2/h15-16,19-30H,3-14,17-18H2,1-2H3. The van der Waals surface area contributed by atoms with Gasteiger partial charge in [0.2, 0.25) is 0 Å². The molecule has 0 spiro atoms. The third-order valence-corrected chi connectivity index (χ3v) is 8.58. The van der Waals surface area contributed by atoms with Crippen molar-refractivity contribution in [3.05, 3.63) is 95.4 Å². The van der Waals surface area contributed by atoms with Crippen molar-refractivity contribution in [1.82, 2.24) is 0 Å². The van der Waals surface area contributed by atoms with E-state index in [9.17, 15) is 0 Å². The number of aryl methyl sites for hydroxylation is 2. The molecular formula is C38H48O2S. The molecule has 0 fully saturated rings. The molecule has 3 heteroatoms. The van der Waals surface area contributed by atoms with Crippen molar-refractivity contribution in [3.63, 3.8) is 0 Å². The van der Waals surface area contributed by atoms with Gasteiger partial charge in [-0.1, -0.05) is 114 Å². The number of unbranched alkanes of at least 4 members (excludes halogenated alkanes) is 10. The van der Waals surface area contributed by atoms with Crippen LogP contribution in [-0.2, 0) is 12.8 Å². The highest BCUT2D eigenvalue weighted by atomic mass is 32.1. The SMILES string of the molecule is CCCCCCCCc1ccc(Oc2cccc(Oc3ccc(CCCCCCCC)cc3)c2-c2cccs2)cc1. The average Bonchev–Trinajstić information content (AvgIpc) is 3.53. The Morgan fingerprint density at radius 3 is 1.39 bits per heavy atom. The normalized spacial score (nSPS) is 11.1. The molecule has 0 aliphatic rings. The van der Waals surface area contributed by atoms with Crippen LogP contribution in [0.2, 0.25) is 0 Å². The van der Waals surface area contributed by atoms with Crippen LogP contribution in [0.4, 0.5) is 0 Å². The fraction of sp³-hybridized carbons (Fsp3) is 0.421. The fourth-order valence-electron chi connectivity index (χ4n) is 5.27. The molecule has 218 valence electrons. The summed E-state index contributed by atoms with van der Waals surface area (Å²) < 4.78 is 12.9. The molecule has 0 saturated heterocycles. The Morgan fingerprint density at radius 2 is 0.951 bits per heavy atom. The van der Waals surface area contributed by atoms with Crippen LogP contribution in [0.1, 0.15) is 102 Å². The molecule has 0 radical (unpaired) electrons. The van der Waals surface area contributed by atoms with Gasteiger partial charge >= 0.3 is 0 Å². The second kappa shape index (κ2) is 17.7. The number of hydrogen-bond acceptors (Lipinski definition) is 3. The van der Waals surface area contributed by atoms with Crippen molar-refractivity contribution < 1.29 is 9.47 Å². The lowest BCUT2D eigenvalue weighted by Gasteiger charge is -2.16. The van der Waals surface area contributed by atoms with Crippen molar-refractivity contribution in [2.45, 2.75) is 104 Å². The first-order chi connectivity index (χ1) is 20.3. The van der Waals surface area contributed by atoms with Crippen LogP contribution in [0.25, 0.3) is 10.4 Å². The number of ether oxygens (including phenoxy) is 2. The topological polar surface area (TPSA) is 18.5 Å². The maximum Gasteiger partial charge on any atom is 0.139 e. The quantitative estimate of drug-likeness (QED) is 0.105. The molecule has 0 saturated carbocycles. The molecule has 41 heavy (non-hydrogen) atoms. The lowest BCUT2D eigenvalue weighted by atomic mass is 10.0. The van der Waals surface area contributed by atoms with E-state index in [-0.39, 0.29) is 0 Å². The minimum atomic E-state index is 0.813. The average molecular weight is 569 g/mol. The van der Waals surface area contributed by atoms with Gasteiger partial charge in [-0.3, -0.25) is 0 Å². The van der Waals surface area contributed by atoms with Crippen LogP contribution in [0, 0.1) is 0 Å². The minimum absolute atomic E-state index is 0.813. The maximum absolute atomic E-state index is 6.46. The van der Waals surface area contributed by atoms with Crippen LogP contribution in [-0.4, -0.2) is 0 Å². The zero-order valence-electron chi connectivity index (χ0n) is 25.2. The number of benzene rings is 3. The van der Waals surface area contributed by atoms with Gasteiger partial charge in [-0.2, -0.15) is 0 Å². The molecule has 0 atom stereocenters. The van der Waals surface area contributed by atoms with Crippen LogP contribution in [0.15, 0.2) is 84.2 Å². The zero-order chi connectivity index (χ0) is 28.5. The van der Waals surface area contributed by atoms with Crippen molar-refractivity contribution >= 4 is 11.3 Å². The highest BCUT2D eigenvalue weighted by Gasteiger charge is 2.16. The summed E-state index contributed by atoms with van der Waals surface area (Å²) in [7, 11) is 0. The molecule has 3 aromatic carbocycles. The van der Waals surface area contributed by atoms with E-state index in [0.29, 0.717) is 0 Å². The van der Waals surface area contributed by atoms with Gasteiger partial charge in [0.05, 0.1) is 5.56 Å². The first kappa shape index (κ1) is 30.9. The predicted molar refractivity (Wildman–Crippen MR) is 177 cm³/mol. The van der Waals surface area contributed by atoms with E-state index >= 15 is 0 Å². The van der Waals surface area contributed by atoms with Crippen LogP contribution in [0.5, 0.6) is 23.0 Å². The summed E-state index contributed by atoms with van der Waals surface area (Å²) in [6, 6.07) is 27.5. The predicted octanol–water partition coefficient (Wildman–Crippen LogP) is 12.8. The van der Waals surface area contributed by atoms with Gasteiger partial charge in [0.25, 0.3) is 0 Å². The number of rotatable bonds is 19. The molecule has 2 nitrogen and oxygen atoms in total. The molecule has 0 amide bonds. The first-order valence-electron chi connectivity index (χ1n) is 16.0. The molecule has 4 aromatic rings. The largest absolute Gasteiger partial charge is 0.457 e. The molecule has 4 rings (SSSR count). The summed E-state index contributed by atoms with van der Waals surface area (Å²) in [5.74, 6) is 3.33. The zero-order valence-corrected chi connectivity index (χ0v) is 26.0. The lowest BCUT2D eigenvalue weighted by Crippen LogP contribution is -1.93. The van der Waals surface area contributed by atoms with Gasteiger partial charge in [-0.05, 0) is 84.7 Å². The Balaban J connectivity index is 1.38. The van der Waals surface area contributed by atoms with Gasteiger partial charge in [-0.15, -0.1) is 11.3 Å². The van der Waals surface area contributed by atoms with Gasteiger partial charge < -0.3 is 9.47 Å². The summed E-state index contributed by atoms with van der Waals surface area (Å²) in [6.45, 7) is 4.54.